The Labute approximate surface area is 92.4 Å². The maximum Gasteiger partial charge on any atom is 0.136 e. The lowest BCUT2D eigenvalue weighted by Gasteiger charge is -1.94. The third-order valence-electron chi connectivity index (χ3n) is 2.32. The zero-order valence-electron chi connectivity index (χ0n) is 8.82. The highest BCUT2D eigenvalue weighted by Gasteiger charge is 2.16. The first-order valence-corrected chi connectivity index (χ1v) is 4.87. The summed E-state index contributed by atoms with van der Waals surface area (Å²) in [4.78, 5) is 0. The maximum atomic E-state index is 6.12. The SMILES string of the molecule is Cc1nn(C)c(Cl)c1-c1cc(N)n(C)n1. The maximum absolute atomic E-state index is 6.12. The molecule has 0 aliphatic carbocycles. The fraction of sp³-hybridized carbons (Fsp3) is 0.333. The van der Waals surface area contributed by atoms with Crippen LogP contribution in [0.2, 0.25) is 5.15 Å². The summed E-state index contributed by atoms with van der Waals surface area (Å²) in [6, 6.07) is 1.79. The molecule has 0 aliphatic heterocycles. The van der Waals surface area contributed by atoms with Crippen molar-refractivity contribution < 1.29 is 0 Å². The molecule has 2 aromatic heterocycles. The normalized spacial score (nSPS) is 10.9. The number of rotatable bonds is 1. The average molecular weight is 226 g/mol. The van der Waals surface area contributed by atoms with Gasteiger partial charge in [-0.1, -0.05) is 11.6 Å². The average Bonchev–Trinajstić information content (AvgIpc) is 2.57. The van der Waals surface area contributed by atoms with Crippen molar-refractivity contribution in [3.05, 3.63) is 16.9 Å². The van der Waals surface area contributed by atoms with Gasteiger partial charge < -0.3 is 5.73 Å². The van der Waals surface area contributed by atoms with E-state index in [0.29, 0.717) is 11.0 Å². The molecule has 15 heavy (non-hydrogen) atoms. The number of nitrogens with zero attached hydrogens (tertiary/aromatic N) is 4. The first-order valence-electron chi connectivity index (χ1n) is 4.49. The zero-order chi connectivity index (χ0) is 11.2. The second-order valence-electron chi connectivity index (χ2n) is 3.45. The third kappa shape index (κ3) is 1.48. The minimum absolute atomic E-state index is 0.575. The van der Waals surface area contributed by atoms with E-state index >= 15 is 0 Å². The van der Waals surface area contributed by atoms with Crippen LogP contribution in [-0.4, -0.2) is 19.6 Å². The molecule has 0 aliphatic rings. The smallest absolute Gasteiger partial charge is 0.136 e. The molecule has 0 unspecified atom stereocenters. The summed E-state index contributed by atoms with van der Waals surface area (Å²) in [5.74, 6) is 0.601. The van der Waals surface area contributed by atoms with Crippen LogP contribution in [-0.2, 0) is 14.1 Å². The number of nitrogen functional groups attached to an aromatic ring is 1. The van der Waals surface area contributed by atoms with Gasteiger partial charge in [0.15, 0.2) is 0 Å². The van der Waals surface area contributed by atoms with E-state index in [0.717, 1.165) is 17.0 Å². The van der Waals surface area contributed by atoms with Gasteiger partial charge in [-0.2, -0.15) is 10.2 Å². The predicted octanol–water partition coefficient (Wildman–Crippen LogP) is 1.36. The zero-order valence-corrected chi connectivity index (χ0v) is 9.58. The Balaban J connectivity index is 2.63. The highest BCUT2D eigenvalue weighted by atomic mass is 35.5. The molecule has 2 aromatic rings. The number of aryl methyl sites for hydroxylation is 3. The van der Waals surface area contributed by atoms with Crippen molar-refractivity contribution in [1.29, 1.82) is 0 Å². The van der Waals surface area contributed by atoms with Gasteiger partial charge in [-0.3, -0.25) is 9.36 Å². The van der Waals surface area contributed by atoms with E-state index in [4.69, 9.17) is 17.3 Å². The molecule has 0 saturated carbocycles. The summed E-state index contributed by atoms with van der Waals surface area (Å²) in [5.41, 5.74) is 8.16. The van der Waals surface area contributed by atoms with Gasteiger partial charge in [0.2, 0.25) is 0 Å². The fourth-order valence-electron chi connectivity index (χ4n) is 1.52. The van der Waals surface area contributed by atoms with Gasteiger partial charge in [-0.05, 0) is 6.92 Å². The Kier molecular flexibility index (Phi) is 2.19. The molecule has 80 valence electrons. The van der Waals surface area contributed by atoms with Gasteiger partial charge in [0.25, 0.3) is 0 Å². The summed E-state index contributed by atoms with van der Waals surface area (Å²) in [6.07, 6.45) is 0. The fourth-order valence-corrected chi connectivity index (χ4v) is 1.80. The van der Waals surface area contributed by atoms with Gasteiger partial charge in [0.1, 0.15) is 11.0 Å². The minimum atomic E-state index is 0.575. The standard InChI is InChI=1S/C9H12ClN5/c1-5-8(9(10)15(3)12-5)6-4-7(11)14(2)13-6/h4H,11H2,1-3H3. The van der Waals surface area contributed by atoms with E-state index in [1.54, 1.807) is 29.5 Å². The van der Waals surface area contributed by atoms with Crippen molar-refractivity contribution in [3.8, 4) is 11.3 Å². The van der Waals surface area contributed by atoms with Crippen molar-refractivity contribution in [2.45, 2.75) is 6.92 Å². The quantitative estimate of drug-likeness (QED) is 0.797. The van der Waals surface area contributed by atoms with Crippen LogP contribution in [0.1, 0.15) is 5.69 Å². The molecule has 5 nitrogen and oxygen atoms in total. The number of halogens is 1. The van der Waals surface area contributed by atoms with Crippen LogP contribution >= 0.6 is 11.6 Å². The van der Waals surface area contributed by atoms with Crippen LogP contribution in [0.25, 0.3) is 11.3 Å². The summed E-state index contributed by atoms with van der Waals surface area (Å²) < 4.78 is 3.23. The van der Waals surface area contributed by atoms with Crippen molar-refractivity contribution in [2.75, 3.05) is 5.73 Å². The van der Waals surface area contributed by atoms with Crippen molar-refractivity contribution in [3.63, 3.8) is 0 Å². The predicted molar refractivity (Wildman–Crippen MR) is 59.6 cm³/mol. The van der Waals surface area contributed by atoms with Gasteiger partial charge in [-0.25, -0.2) is 0 Å². The summed E-state index contributed by atoms with van der Waals surface area (Å²) in [6.45, 7) is 1.89. The monoisotopic (exact) mass is 225 g/mol. The van der Waals surface area contributed by atoms with Crippen LogP contribution in [0.5, 0.6) is 0 Å². The van der Waals surface area contributed by atoms with Crippen LogP contribution in [0.4, 0.5) is 5.82 Å². The molecule has 0 spiro atoms. The van der Waals surface area contributed by atoms with Crippen molar-refractivity contribution in [2.24, 2.45) is 14.1 Å². The van der Waals surface area contributed by atoms with Crippen molar-refractivity contribution >= 4 is 17.4 Å². The largest absolute Gasteiger partial charge is 0.384 e. The first-order chi connectivity index (χ1) is 7.00. The van der Waals surface area contributed by atoms with E-state index < -0.39 is 0 Å². The molecule has 0 amide bonds. The second kappa shape index (κ2) is 3.27. The van der Waals surface area contributed by atoms with E-state index in [9.17, 15) is 0 Å². The minimum Gasteiger partial charge on any atom is -0.384 e. The second-order valence-corrected chi connectivity index (χ2v) is 3.81. The number of aromatic nitrogens is 4. The van der Waals surface area contributed by atoms with Crippen LogP contribution < -0.4 is 5.73 Å². The van der Waals surface area contributed by atoms with Crippen LogP contribution in [0, 0.1) is 6.92 Å². The number of hydrogen-bond acceptors (Lipinski definition) is 3. The van der Waals surface area contributed by atoms with E-state index in [1.165, 1.54) is 0 Å². The molecule has 0 radical (unpaired) electrons. The molecule has 6 heteroatoms. The number of nitrogens with two attached hydrogens (primary N) is 1. The van der Waals surface area contributed by atoms with Crippen LogP contribution in [0.15, 0.2) is 6.07 Å². The van der Waals surface area contributed by atoms with Gasteiger partial charge in [0, 0.05) is 20.2 Å². The van der Waals surface area contributed by atoms with E-state index in [1.807, 2.05) is 6.92 Å². The van der Waals surface area contributed by atoms with Gasteiger partial charge in [0.05, 0.1) is 17.0 Å². The Morgan fingerprint density at radius 1 is 1.27 bits per heavy atom. The number of anilines is 1. The Bertz CT molecular complexity index is 491. The summed E-state index contributed by atoms with van der Waals surface area (Å²) >= 11 is 6.12. The molecule has 0 saturated heterocycles. The molecule has 2 N–H and O–H groups in total. The van der Waals surface area contributed by atoms with Crippen LogP contribution in [0.3, 0.4) is 0 Å². The Morgan fingerprint density at radius 2 is 1.93 bits per heavy atom. The topological polar surface area (TPSA) is 61.7 Å². The summed E-state index contributed by atoms with van der Waals surface area (Å²) in [5, 5.41) is 9.06. The first kappa shape index (κ1) is 10.0. The molecular weight excluding hydrogens is 214 g/mol. The molecule has 0 atom stereocenters. The van der Waals surface area contributed by atoms with E-state index in [-0.39, 0.29) is 0 Å². The molecular formula is C9H12ClN5. The lowest BCUT2D eigenvalue weighted by atomic mass is 10.2. The highest BCUT2D eigenvalue weighted by Crippen LogP contribution is 2.30. The Hall–Kier alpha value is -1.49. The third-order valence-corrected chi connectivity index (χ3v) is 2.76. The highest BCUT2D eigenvalue weighted by molar-refractivity contribution is 6.32. The molecule has 0 bridgehead atoms. The summed E-state index contributed by atoms with van der Waals surface area (Å²) in [7, 11) is 3.59. The van der Waals surface area contributed by atoms with Crippen molar-refractivity contribution in [1.82, 2.24) is 19.6 Å². The molecule has 2 heterocycles. The lowest BCUT2D eigenvalue weighted by Crippen LogP contribution is -1.96. The molecule has 0 fully saturated rings. The van der Waals surface area contributed by atoms with Gasteiger partial charge in [-0.15, -0.1) is 0 Å². The molecule has 0 aromatic carbocycles. The number of hydrogen-bond donors (Lipinski definition) is 1. The Morgan fingerprint density at radius 3 is 2.33 bits per heavy atom. The lowest BCUT2D eigenvalue weighted by molar-refractivity contribution is 0.757. The molecule has 2 rings (SSSR count). The van der Waals surface area contributed by atoms with E-state index in [2.05, 4.69) is 10.2 Å². The van der Waals surface area contributed by atoms with Gasteiger partial charge >= 0.3 is 0 Å².